The molecule has 8 nitrogen and oxygen atoms in total. The van der Waals surface area contributed by atoms with E-state index in [1.165, 1.54) is 12.1 Å². The van der Waals surface area contributed by atoms with E-state index in [0.717, 1.165) is 22.5 Å². The van der Waals surface area contributed by atoms with Gasteiger partial charge in [-0.2, -0.15) is 0 Å². The number of benzene rings is 2. The minimum absolute atomic E-state index is 0.307. The molecule has 170 valence electrons. The highest BCUT2D eigenvalue weighted by atomic mass is 35.5. The standard InChI is InChI=1S/C24H18ClFN6O2/c1-2-33-12-21-29-30-23-17-9-15(25)5-8-19(17)32-13-27-22(20(32)10-31(21)23)24-28-18(11-34-24)14-3-6-16(26)7-4-14/h3-9,11,13H,2,10,12H2,1H3. The van der Waals surface area contributed by atoms with Gasteiger partial charge in [0, 0.05) is 22.8 Å². The van der Waals surface area contributed by atoms with Crippen molar-refractivity contribution in [1.29, 1.82) is 0 Å². The van der Waals surface area contributed by atoms with E-state index in [-0.39, 0.29) is 5.82 Å². The molecule has 0 bridgehead atoms. The molecule has 1 aliphatic rings. The van der Waals surface area contributed by atoms with Crippen LogP contribution in [0.1, 0.15) is 18.4 Å². The number of oxazole rings is 1. The molecule has 0 aliphatic carbocycles. The lowest BCUT2D eigenvalue weighted by Crippen LogP contribution is -2.09. The first-order valence-electron chi connectivity index (χ1n) is 10.7. The van der Waals surface area contributed by atoms with E-state index in [2.05, 4.69) is 20.2 Å². The van der Waals surface area contributed by atoms with Crippen LogP contribution in [0, 0.1) is 5.82 Å². The van der Waals surface area contributed by atoms with Crippen LogP contribution in [0.4, 0.5) is 4.39 Å². The van der Waals surface area contributed by atoms with E-state index in [4.69, 9.17) is 20.8 Å². The average Bonchev–Trinajstić information content (AvgIpc) is 3.56. The van der Waals surface area contributed by atoms with Gasteiger partial charge in [-0.25, -0.2) is 14.4 Å². The lowest BCUT2D eigenvalue weighted by Gasteiger charge is -2.09. The van der Waals surface area contributed by atoms with Crippen molar-refractivity contribution in [2.75, 3.05) is 6.61 Å². The molecule has 10 heteroatoms. The largest absolute Gasteiger partial charge is 0.443 e. The van der Waals surface area contributed by atoms with Crippen LogP contribution in [-0.4, -0.2) is 35.9 Å². The molecule has 1 aliphatic heterocycles. The Morgan fingerprint density at radius 3 is 2.82 bits per heavy atom. The Hall–Kier alpha value is -3.82. The summed E-state index contributed by atoms with van der Waals surface area (Å²) in [5, 5.41) is 9.40. The Balaban J connectivity index is 1.49. The van der Waals surface area contributed by atoms with Gasteiger partial charge >= 0.3 is 0 Å². The van der Waals surface area contributed by atoms with Crippen LogP contribution in [0.3, 0.4) is 0 Å². The summed E-state index contributed by atoms with van der Waals surface area (Å²) in [6, 6.07) is 11.7. The van der Waals surface area contributed by atoms with Gasteiger partial charge in [0.15, 0.2) is 11.6 Å². The monoisotopic (exact) mass is 476 g/mol. The number of nitrogens with zero attached hydrogens (tertiary/aromatic N) is 6. The zero-order valence-corrected chi connectivity index (χ0v) is 18.8. The van der Waals surface area contributed by atoms with Crippen LogP contribution in [0.5, 0.6) is 0 Å². The van der Waals surface area contributed by atoms with Gasteiger partial charge in [-0.1, -0.05) is 11.6 Å². The van der Waals surface area contributed by atoms with E-state index >= 15 is 0 Å². The summed E-state index contributed by atoms with van der Waals surface area (Å²) < 4.78 is 28.7. The Morgan fingerprint density at radius 2 is 2.00 bits per heavy atom. The first-order chi connectivity index (χ1) is 16.6. The molecule has 34 heavy (non-hydrogen) atoms. The smallest absolute Gasteiger partial charge is 0.247 e. The van der Waals surface area contributed by atoms with Crippen molar-refractivity contribution < 1.29 is 13.5 Å². The fraction of sp³-hybridized carbons (Fsp3) is 0.167. The molecular weight excluding hydrogens is 459 g/mol. The van der Waals surface area contributed by atoms with Crippen molar-refractivity contribution in [3.05, 3.63) is 77.4 Å². The summed E-state index contributed by atoms with van der Waals surface area (Å²) in [6.07, 6.45) is 3.28. The molecule has 0 atom stereocenters. The second-order valence-corrected chi connectivity index (χ2v) is 8.22. The van der Waals surface area contributed by atoms with E-state index < -0.39 is 0 Å². The first-order valence-corrected chi connectivity index (χ1v) is 11.1. The van der Waals surface area contributed by atoms with Crippen LogP contribution in [-0.2, 0) is 17.9 Å². The number of rotatable bonds is 5. The van der Waals surface area contributed by atoms with Crippen LogP contribution in [0.15, 0.2) is 59.5 Å². The molecule has 0 saturated heterocycles. The lowest BCUT2D eigenvalue weighted by atomic mass is 10.1. The summed E-state index contributed by atoms with van der Waals surface area (Å²) in [6.45, 7) is 3.26. The molecule has 0 spiro atoms. The zero-order valence-electron chi connectivity index (χ0n) is 18.1. The van der Waals surface area contributed by atoms with Gasteiger partial charge < -0.3 is 13.7 Å². The predicted octanol–water partition coefficient (Wildman–Crippen LogP) is 5.14. The molecule has 0 N–H and O–H groups in total. The van der Waals surface area contributed by atoms with E-state index in [1.807, 2.05) is 34.3 Å². The second-order valence-electron chi connectivity index (χ2n) is 7.78. The van der Waals surface area contributed by atoms with Crippen molar-refractivity contribution >= 4 is 11.6 Å². The third kappa shape index (κ3) is 3.41. The van der Waals surface area contributed by atoms with Crippen molar-refractivity contribution in [3.8, 4) is 39.9 Å². The second kappa shape index (κ2) is 8.19. The molecule has 0 unspecified atom stereocenters. The van der Waals surface area contributed by atoms with Crippen LogP contribution in [0.25, 0.3) is 39.9 Å². The molecule has 4 heterocycles. The first kappa shape index (κ1) is 20.8. The highest BCUT2D eigenvalue weighted by Gasteiger charge is 2.28. The van der Waals surface area contributed by atoms with Gasteiger partial charge in [-0.3, -0.25) is 4.57 Å². The van der Waals surface area contributed by atoms with E-state index in [0.29, 0.717) is 53.7 Å². The third-order valence-electron chi connectivity index (χ3n) is 5.74. The summed E-state index contributed by atoms with van der Waals surface area (Å²) >= 11 is 6.33. The Morgan fingerprint density at radius 1 is 1.15 bits per heavy atom. The molecule has 5 aromatic rings. The number of ether oxygens (including phenoxy) is 1. The van der Waals surface area contributed by atoms with E-state index in [1.54, 1.807) is 24.7 Å². The quantitative estimate of drug-likeness (QED) is 0.342. The Bertz CT molecular complexity index is 1500. The molecule has 3 aromatic heterocycles. The number of imidazole rings is 1. The average molecular weight is 477 g/mol. The summed E-state index contributed by atoms with van der Waals surface area (Å²) in [7, 11) is 0. The SMILES string of the molecule is CCOCc1nnc2n1Cc1c(-c3nc(-c4ccc(F)cc4)co3)ncn1-c1ccc(Cl)cc1-2. The fourth-order valence-electron chi connectivity index (χ4n) is 4.09. The molecule has 0 radical (unpaired) electrons. The minimum Gasteiger partial charge on any atom is -0.443 e. The number of hydrogen-bond acceptors (Lipinski definition) is 6. The molecular formula is C24H18ClFN6O2. The van der Waals surface area contributed by atoms with Gasteiger partial charge in [-0.05, 0) is 49.4 Å². The fourth-order valence-corrected chi connectivity index (χ4v) is 4.27. The van der Waals surface area contributed by atoms with Crippen molar-refractivity contribution in [1.82, 2.24) is 29.3 Å². The molecule has 0 saturated carbocycles. The van der Waals surface area contributed by atoms with Crippen molar-refractivity contribution in [3.63, 3.8) is 0 Å². The van der Waals surface area contributed by atoms with Gasteiger partial charge in [0.1, 0.15) is 36.4 Å². The summed E-state index contributed by atoms with van der Waals surface area (Å²) in [5.41, 5.74) is 4.51. The number of halogens is 2. The van der Waals surface area contributed by atoms with Crippen LogP contribution < -0.4 is 0 Å². The topological polar surface area (TPSA) is 83.8 Å². The Kier molecular flexibility index (Phi) is 5.00. The highest BCUT2D eigenvalue weighted by molar-refractivity contribution is 6.31. The maximum absolute atomic E-state index is 13.3. The molecule has 0 fully saturated rings. The van der Waals surface area contributed by atoms with Crippen LogP contribution >= 0.6 is 11.6 Å². The van der Waals surface area contributed by atoms with Gasteiger partial charge in [0.2, 0.25) is 5.89 Å². The number of hydrogen-bond donors (Lipinski definition) is 0. The van der Waals surface area contributed by atoms with E-state index in [9.17, 15) is 4.39 Å². The van der Waals surface area contributed by atoms with Gasteiger partial charge in [-0.15, -0.1) is 10.2 Å². The molecule has 0 amide bonds. The maximum atomic E-state index is 13.3. The summed E-state index contributed by atoms with van der Waals surface area (Å²) in [4.78, 5) is 9.26. The molecule has 6 rings (SSSR count). The lowest BCUT2D eigenvalue weighted by molar-refractivity contribution is 0.125. The maximum Gasteiger partial charge on any atom is 0.247 e. The van der Waals surface area contributed by atoms with Gasteiger partial charge in [0.05, 0.1) is 17.9 Å². The molecule has 2 aromatic carbocycles. The predicted molar refractivity (Wildman–Crippen MR) is 123 cm³/mol. The highest BCUT2D eigenvalue weighted by Crippen LogP contribution is 2.36. The normalized spacial score (nSPS) is 12.2. The Labute approximate surface area is 198 Å². The van der Waals surface area contributed by atoms with Crippen molar-refractivity contribution in [2.45, 2.75) is 20.1 Å². The number of aromatic nitrogens is 6. The zero-order chi connectivity index (χ0) is 23.2. The third-order valence-corrected chi connectivity index (χ3v) is 5.98. The van der Waals surface area contributed by atoms with Crippen LogP contribution in [0.2, 0.25) is 5.02 Å². The minimum atomic E-state index is -0.307. The van der Waals surface area contributed by atoms with Crippen molar-refractivity contribution in [2.24, 2.45) is 0 Å². The number of fused-ring (bicyclic) bond motifs is 5. The van der Waals surface area contributed by atoms with Gasteiger partial charge in [0.25, 0.3) is 0 Å². The summed E-state index contributed by atoms with van der Waals surface area (Å²) in [5.74, 6) is 1.45.